The molecule has 4 nitrogen and oxygen atoms in total. The quantitative estimate of drug-likeness (QED) is 0.428. The third kappa shape index (κ3) is 4.15. The molecule has 0 saturated carbocycles. The summed E-state index contributed by atoms with van der Waals surface area (Å²) >= 11 is 0. The Balaban J connectivity index is 1.79. The van der Waals surface area contributed by atoms with Crippen LogP contribution in [0.15, 0.2) is 66.7 Å². The maximum absolute atomic E-state index is 13.2. The van der Waals surface area contributed by atoms with Gasteiger partial charge in [-0.3, -0.25) is 4.79 Å². The summed E-state index contributed by atoms with van der Waals surface area (Å²) < 4.78 is 1.86. The van der Waals surface area contributed by atoms with E-state index in [9.17, 15) is 4.79 Å². The molecule has 4 heteroatoms. The number of benzene rings is 3. The third-order valence-corrected chi connectivity index (χ3v) is 5.55. The van der Waals surface area contributed by atoms with Gasteiger partial charge >= 0.3 is 0 Å². The average molecular weight is 410 g/mol. The minimum atomic E-state index is -0.212. The van der Waals surface area contributed by atoms with Gasteiger partial charge in [0, 0.05) is 11.3 Å². The van der Waals surface area contributed by atoms with Crippen molar-refractivity contribution in [3.63, 3.8) is 0 Å². The standard InChI is InChI=1S/C27H27N3O/c1-17-10-12-22(13-11-17)25-16-23(29-30(25)24-9-7-6-8-19(24)3)27(31)28-26-20(4)14-18(2)15-21(26)5/h6-16H,1-5H3,(H,28,31). The Hall–Kier alpha value is -3.66. The summed E-state index contributed by atoms with van der Waals surface area (Å²) in [6.07, 6.45) is 0. The van der Waals surface area contributed by atoms with E-state index in [0.717, 1.165) is 39.3 Å². The molecule has 0 aliphatic heterocycles. The fraction of sp³-hybridized carbons (Fsp3) is 0.185. The smallest absolute Gasteiger partial charge is 0.276 e. The van der Waals surface area contributed by atoms with Crippen molar-refractivity contribution in [3.05, 3.63) is 100 Å². The molecule has 0 radical (unpaired) electrons. The predicted octanol–water partition coefficient (Wildman–Crippen LogP) is 6.33. The van der Waals surface area contributed by atoms with Gasteiger partial charge in [-0.05, 0) is 63.4 Å². The van der Waals surface area contributed by atoms with Crippen LogP contribution in [0.25, 0.3) is 16.9 Å². The normalized spacial score (nSPS) is 10.9. The molecule has 4 rings (SSSR count). The SMILES string of the molecule is Cc1ccc(-c2cc(C(=O)Nc3c(C)cc(C)cc3C)nn2-c2ccccc2C)cc1. The van der Waals surface area contributed by atoms with Crippen LogP contribution >= 0.6 is 0 Å². The van der Waals surface area contributed by atoms with Gasteiger partial charge in [0.2, 0.25) is 0 Å². The van der Waals surface area contributed by atoms with E-state index in [-0.39, 0.29) is 5.91 Å². The molecule has 0 unspecified atom stereocenters. The van der Waals surface area contributed by atoms with Crippen LogP contribution in [0.3, 0.4) is 0 Å². The Bertz CT molecular complexity index is 1240. The Morgan fingerprint density at radius 2 is 1.42 bits per heavy atom. The summed E-state index contributed by atoms with van der Waals surface area (Å²) in [4.78, 5) is 13.2. The van der Waals surface area contributed by atoms with Crippen LogP contribution in [0.2, 0.25) is 0 Å². The largest absolute Gasteiger partial charge is 0.320 e. The zero-order chi connectivity index (χ0) is 22.1. The zero-order valence-electron chi connectivity index (χ0n) is 18.7. The van der Waals surface area contributed by atoms with Crippen molar-refractivity contribution in [2.75, 3.05) is 5.32 Å². The van der Waals surface area contributed by atoms with Crippen molar-refractivity contribution in [3.8, 4) is 16.9 Å². The average Bonchev–Trinajstić information content (AvgIpc) is 3.16. The lowest BCUT2D eigenvalue weighted by molar-refractivity contribution is 0.102. The molecular formula is C27H27N3O. The van der Waals surface area contributed by atoms with Crippen molar-refractivity contribution in [1.29, 1.82) is 0 Å². The van der Waals surface area contributed by atoms with Crippen LogP contribution < -0.4 is 5.32 Å². The maximum Gasteiger partial charge on any atom is 0.276 e. The molecule has 1 N–H and O–H groups in total. The van der Waals surface area contributed by atoms with E-state index in [0.29, 0.717) is 5.69 Å². The van der Waals surface area contributed by atoms with Crippen LogP contribution in [0.5, 0.6) is 0 Å². The molecule has 0 fully saturated rings. The number of nitrogens with one attached hydrogen (secondary N) is 1. The number of hydrogen-bond acceptors (Lipinski definition) is 2. The molecule has 0 aliphatic rings. The second-order valence-corrected chi connectivity index (χ2v) is 8.21. The highest BCUT2D eigenvalue weighted by atomic mass is 16.2. The molecule has 1 aromatic heterocycles. The molecular weight excluding hydrogens is 382 g/mol. The van der Waals surface area contributed by atoms with Crippen LogP contribution in [0.4, 0.5) is 5.69 Å². The summed E-state index contributed by atoms with van der Waals surface area (Å²) in [5.74, 6) is -0.212. The van der Waals surface area contributed by atoms with Gasteiger partial charge in [-0.15, -0.1) is 0 Å². The van der Waals surface area contributed by atoms with Gasteiger partial charge in [0.1, 0.15) is 0 Å². The number of nitrogens with zero attached hydrogens (tertiary/aromatic N) is 2. The summed E-state index contributed by atoms with van der Waals surface area (Å²) in [5.41, 5.74) is 9.64. The molecule has 0 atom stereocenters. The second kappa shape index (κ2) is 8.23. The van der Waals surface area contributed by atoms with Gasteiger partial charge in [0.25, 0.3) is 5.91 Å². The number of para-hydroxylation sites is 1. The van der Waals surface area contributed by atoms with Gasteiger partial charge < -0.3 is 5.32 Å². The Morgan fingerprint density at radius 3 is 2.06 bits per heavy atom. The number of carbonyl (C=O) groups excluding carboxylic acids is 1. The first-order valence-electron chi connectivity index (χ1n) is 10.5. The van der Waals surface area contributed by atoms with Crippen molar-refractivity contribution in [2.24, 2.45) is 0 Å². The van der Waals surface area contributed by atoms with E-state index in [4.69, 9.17) is 5.10 Å². The summed E-state index contributed by atoms with van der Waals surface area (Å²) in [5, 5.41) is 7.79. The lowest BCUT2D eigenvalue weighted by Gasteiger charge is -2.12. The number of rotatable bonds is 4. The fourth-order valence-electron chi connectivity index (χ4n) is 3.96. The lowest BCUT2D eigenvalue weighted by atomic mass is 10.0. The van der Waals surface area contributed by atoms with E-state index in [1.54, 1.807) is 0 Å². The van der Waals surface area contributed by atoms with E-state index < -0.39 is 0 Å². The van der Waals surface area contributed by atoms with Crippen LogP contribution in [-0.2, 0) is 0 Å². The molecule has 0 bridgehead atoms. The first-order chi connectivity index (χ1) is 14.8. The number of aromatic nitrogens is 2. The van der Waals surface area contributed by atoms with Crippen molar-refractivity contribution >= 4 is 11.6 Å². The molecule has 156 valence electrons. The van der Waals surface area contributed by atoms with Crippen molar-refractivity contribution in [2.45, 2.75) is 34.6 Å². The summed E-state index contributed by atoms with van der Waals surface area (Å²) in [6, 6.07) is 22.4. The highest BCUT2D eigenvalue weighted by Crippen LogP contribution is 2.27. The third-order valence-electron chi connectivity index (χ3n) is 5.55. The number of hydrogen-bond donors (Lipinski definition) is 1. The fourth-order valence-corrected chi connectivity index (χ4v) is 3.96. The van der Waals surface area contributed by atoms with E-state index in [2.05, 4.69) is 68.6 Å². The van der Waals surface area contributed by atoms with Gasteiger partial charge in [0.15, 0.2) is 5.69 Å². The first-order valence-corrected chi connectivity index (χ1v) is 10.5. The van der Waals surface area contributed by atoms with Gasteiger partial charge in [0.05, 0.1) is 11.4 Å². The zero-order valence-corrected chi connectivity index (χ0v) is 18.7. The van der Waals surface area contributed by atoms with Gasteiger partial charge in [-0.25, -0.2) is 4.68 Å². The van der Waals surface area contributed by atoms with E-state index >= 15 is 0 Å². The molecule has 0 aliphatic carbocycles. The first kappa shape index (κ1) is 20.6. The topological polar surface area (TPSA) is 46.9 Å². The molecule has 0 spiro atoms. The highest BCUT2D eigenvalue weighted by Gasteiger charge is 2.19. The Morgan fingerprint density at radius 1 is 0.774 bits per heavy atom. The minimum absolute atomic E-state index is 0.212. The molecule has 1 amide bonds. The second-order valence-electron chi connectivity index (χ2n) is 8.21. The van der Waals surface area contributed by atoms with Gasteiger partial charge in [-0.2, -0.15) is 5.10 Å². The monoisotopic (exact) mass is 409 g/mol. The molecule has 3 aromatic carbocycles. The van der Waals surface area contributed by atoms with Crippen LogP contribution in [-0.4, -0.2) is 15.7 Å². The van der Waals surface area contributed by atoms with Crippen molar-refractivity contribution < 1.29 is 4.79 Å². The van der Waals surface area contributed by atoms with E-state index in [1.165, 1.54) is 11.1 Å². The summed E-state index contributed by atoms with van der Waals surface area (Å²) in [6.45, 7) is 10.2. The maximum atomic E-state index is 13.2. The lowest BCUT2D eigenvalue weighted by Crippen LogP contribution is -2.15. The Labute approximate surface area is 183 Å². The number of aryl methyl sites for hydroxylation is 5. The van der Waals surface area contributed by atoms with Crippen LogP contribution in [0, 0.1) is 34.6 Å². The number of amides is 1. The molecule has 4 aromatic rings. The molecule has 0 saturated heterocycles. The summed E-state index contributed by atoms with van der Waals surface area (Å²) in [7, 11) is 0. The predicted molar refractivity (Wildman–Crippen MR) is 127 cm³/mol. The van der Waals surface area contributed by atoms with Crippen molar-refractivity contribution in [1.82, 2.24) is 9.78 Å². The number of anilines is 1. The number of carbonyl (C=O) groups is 1. The van der Waals surface area contributed by atoms with Gasteiger partial charge in [-0.1, -0.05) is 65.7 Å². The Kier molecular flexibility index (Phi) is 5.47. The minimum Gasteiger partial charge on any atom is -0.320 e. The van der Waals surface area contributed by atoms with Crippen LogP contribution in [0.1, 0.15) is 38.3 Å². The van der Waals surface area contributed by atoms with E-state index in [1.807, 2.05) is 42.8 Å². The highest BCUT2D eigenvalue weighted by molar-refractivity contribution is 6.04. The molecule has 1 heterocycles. The molecule has 31 heavy (non-hydrogen) atoms.